The highest BCUT2D eigenvalue weighted by Crippen LogP contribution is 2.16. The number of hydrogen-bond donors (Lipinski definition) is 0. The molecule has 1 unspecified atom stereocenters. The maximum Gasteiger partial charge on any atom is 0.350 e. The molecule has 2 aromatic heterocycles. The van der Waals surface area contributed by atoms with Gasteiger partial charge in [0.2, 0.25) is 0 Å². The van der Waals surface area contributed by atoms with Crippen LogP contribution in [-0.2, 0) is 16.4 Å². The number of hydrogen-bond acceptors (Lipinski definition) is 5. The summed E-state index contributed by atoms with van der Waals surface area (Å²) in [4.78, 5) is 14.1. The Hall–Kier alpha value is -1.67. The highest BCUT2D eigenvalue weighted by molar-refractivity contribution is 7.91. The van der Waals surface area contributed by atoms with E-state index in [4.69, 9.17) is 0 Å². The van der Waals surface area contributed by atoms with Crippen LogP contribution >= 0.6 is 0 Å². The molecule has 3 heterocycles. The number of pyridine rings is 1. The van der Waals surface area contributed by atoms with E-state index in [1.54, 1.807) is 18.3 Å². The van der Waals surface area contributed by atoms with E-state index >= 15 is 0 Å². The van der Waals surface area contributed by atoms with Gasteiger partial charge in [-0.15, -0.1) is 5.10 Å². The zero-order chi connectivity index (χ0) is 15.0. The molecule has 0 bridgehead atoms. The van der Waals surface area contributed by atoms with Crippen molar-refractivity contribution in [2.75, 3.05) is 25.1 Å². The summed E-state index contributed by atoms with van der Waals surface area (Å²) in [5.74, 6) is 0.472. The third kappa shape index (κ3) is 2.86. The minimum absolute atomic E-state index is 0.0442. The first kappa shape index (κ1) is 14.3. The molecule has 114 valence electrons. The number of likely N-dealkylation sites (N-methyl/N-ethyl adjacent to an activating group) is 1. The van der Waals surface area contributed by atoms with Crippen LogP contribution in [0.15, 0.2) is 29.2 Å². The monoisotopic (exact) mass is 310 g/mol. The van der Waals surface area contributed by atoms with E-state index < -0.39 is 9.84 Å². The molecule has 0 N–H and O–H groups in total. The van der Waals surface area contributed by atoms with E-state index in [1.165, 1.54) is 9.08 Å². The topological polar surface area (TPSA) is 76.7 Å². The van der Waals surface area contributed by atoms with Crippen LogP contribution in [0, 0.1) is 0 Å². The molecule has 0 saturated carbocycles. The average molecular weight is 310 g/mol. The molecule has 0 aliphatic carbocycles. The lowest BCUT2D eigenvalue weighted by Gasteiger charge is -2.22. The van der Waals surface area contributed by atoms with Gasteiger partial charge in [0.25, 0.3) is 0 Å². The number of fused-ring (bicyclic) bond motifs is 1. The van der Waals surface area contributed by atoms with E-state index in [-0.39, 0.29) is 23.2 Å². The molecular formula is C13H18N4O3S. The van der Waals surface area contributed by atoms with E-state index in [0.717, 1.165) is 0 Å². The van der Waals surface area contributed by atoms with Crippen molar-refractivity contribution in [3.05, 3.63) is 34.9 Å². The Bertz CT molecular complexity index is 808. The Labute approximate surface area is 122 Å². The third-order valence-corrected chi connectivity index (χ3v) is 5.74. The molecule has 0 aromatic carbocycles. The van der Waals surface area contributed by atoms with Gasteiger partial charge in [0, 0.05) is 18.8 Å². The second-order valence-corrected chi connectivity index (χ2v) is 7.70. The van der Waals surface area contributed by atoms with Crippen molar-refractivity contribution in [1.29, 1.82) is 0 Å². The molecule has 2 aromatic rings. The fourth-order valence-corrected chi connectivity index (χ4v) is 4.48. The van der Waals surface area contributed by atoms with Crippen molar-refractivity contribution in [1.82, 2.24) is 19.1 Å². The molecule has 0 amide bonds. The van der Waals surface area contributed by atoms with E-state index in [0.29, 0.717) is 25.2 Å². The highest BCUT2D eigenvalue weighted by atomic mass is 32.2. The average Bonchev–Trinajstić information content (AvgIpc) is 2.97. The molecule has 7 nitrogen and oxygen atoms in total. The van der Waals surface area contributed by atoms with E-state index in [9.17, 15) is 13.2 Å². The molecule has 1 saturated heterocycles. The minimum atomic E-state index is -2.88. The van der Waals surface area contributed by atoms with Crippen molar-refractivity contribution in [2.24, 2.45) is 0 Å². The molecule has 1 fully saturated rings. The zero-order valence-corrected chi connectivity index (χ0v) is 12.7. The molecule has 0 spiro atoms. The first-order valence-corrected chi connectivity index (χ1v) is 8.73. The van der Waals surface area contributed by atoms with Gasteiger partial charge in [0.05, 0.1) is 18.1 Å². The maximum absolute atomic E-state index is 12.1. The SMILES string of the molecule is CN(CCn1nc2ccccn2c1=O)C1CCS(=O)(=O)C1. The third-order valence-electron chi connectivity index (χ3n) is 3.98. The normalized spacial score (nSPS) is 21.3. The number of rotatable bonds is 4. The van der Waals surface area contributed by atoms with Crippen molar-refractivity contribution in [3.8, 4) is 0 Å². The van der Waals surface area contributed by atoms with Crippen molar-refractivity contribution in [2.45, 2.75) is 19.0 Å². The van der Waals surface area contributed by atoms with Crippen LogP contribution in [0.1, 0.15) is 6.42 Å². The summed E-state index contributed by atoms with van der Waals surface area (Å²) in [5.41, 5.74) is 0.451. The summed E-state index contributed by atoms with van der Waals surface area (Å²) in [6.07, 6.45) is 2.35. The molecule has 1 aliphatic rings. The predicted molar refractivity (Wildman–Crippen MR) is 79.1 cm³/mol. The molecule has 0 radical (unpaired) electrons. The Balaban J connectivity index is 1.69. The molecule has 8 heteroatoms. The smallest absolute Gasteiger partial charge is 0.301 e. The first-order valence-electron chi connectivity index (χ1n) is 6.91. The van der Waals surface area contributed by atoms with Crippen LogP contribution in [0.4, 0.5) is 0 Å². The standard InChI is InChI=1S/C13H18N4O3S/c1-15(11-5-9-21(19,20)10-11)7-8-17-13(18)16-6-3-2-4-12(16)14-17/h2-4,6,11H,5,7-10H2,1H3. The van der Waals surface area contributed by atoms with Gasteiger partial charge in [-0.25, -0.2) is 17.9 Å². The minimum Gasteiger partial charge on any atom is -0.301 e. The van der Waals surface area contributed by atoms with Gasteiger partial charge in [0.1, 0.15) is 0 Å². The molecule has 21 heavy (non-hydrogen) atoms. The Morgan fingerprint density at radius 2 is 2.24 bits per heavy atom. The van der Waals surface area contributed by atoms with Crippen LogP contribution < -0.4 is 5.69 Å². The van der Waals surface area contributed by atoms with Crippen molar-refractivity contribution < 1.29 is 8.42 Å². The fraction of sp³-hybridized carbons (Fsp3) is 0.538. The Morgan fingerprint density at radius 1 is 1.43 bits per heavy atom. The van der Waals surface area contributed by atoms with Gasteiger partial charge in [-0.3, -0.25) is 4.40 Å². The number of aromatic nitrogens is 3. The van der Waals surface area contributed by atoms with Crippen LogP contribution in [0.2, 0.25) is 0 Å². The van der Waals surface area contributed by atoms with Crippen LogP contribution in [-0.4, -0.2) is 58.6 Å². The quantitative estimate of drug-likeness (QED) is 0.769. The highest BCUT2D eigenvalue weighted by Gasteiger charge is 2.30. The van der Waals surface area contributed by atoms with Gasteiger partial charge in [0.15, 0.2) is 15.5 Å². The summed E-state index contributed by atoms with van der Waals surface area (Å²) < 4.78 is 25.9. The van der Waals surface area contributed by atoms with Crippen LogP contribution in [0.5, 0.6) is 0 Å². The van der Waals surface area contributed by atoms with Gasteiger partial charge >= 0.3 is 5.69 Å². The summed E-state index contributed by atoms with van der Waals surface area (Å²) >= 11 is 0. The molecule has 1 aliphatic heterocycles. The predicted octanol–water partition coefficient (Wildman–Crippen LogP) is -0.385. The van der Waals surface area contributed by atoms with Gasteiger partial charge < -0.3 is 4.90 Å². The molecule has 3 rings (SSSR count). The molecule has 1 atom stereocenters. The Kier molecular flexibility index (Phi) is 3.58. The van der Waals surface area contributed by atoms with E-state index in [2.05, 4.69) is 5.10 Å². The summed E-state index contributed by atoms with van der Waals surface area (Å²) in [7, 11) is -0.987. The lowest BCUT2D eigenvalue weighted by Crippen LogP contribution is -2.36. The van der Waals surface area contributed by atoms with Crippen molar-refractivity contribution >= 4 is 15.5 Å². The van der Waals surface area contributed by atoms with Gasteiger partial charge in [-0.05, 0) is 25.6 Å². The maximum atomic E-state index is 12.1. The lowest BCUT2D eigenvalue weighted by molar-refractivity contribution is 0.247. The summed E-state index contributed by atoms with van der Waals surface area (Å²) in [6, 6.07) is 5.45. The fourth-order valence-electron chi connectivity index (χ4n) is 2.67. The number of sulfone groups is 1. The Morgan fingerprint density at radius 3 is 2.90 bits per heavy atom. The summed E-state index contributed by atoms with van der Waals surface area (Å²) in [5, 5.41) is 4.26. The lowest BCUT2D eigenvalue weighted by atomic mass is 10.2. The van der Waals surface area contributed by atoms with Gasteiger partial charge in [-0.1, -0.05) is 6.07 Å². The largest absolute Gasteiger partial charge is 0.350 e. The van der Waals surface area contributed by atoms with E-state index in [1.807, 2.05) is 18.0 Å². The number of nitrogens with zero attached hydrogens (tertiary/aromatic N) is 4. The van der Waals surface area contributed by atoms with Crippen LogP contribution in [0.3, 0.4) is 0 Å². The van der Waals surface area contributed by atoms with Crippen LogP contribution in [0.25, 0.3) is 5.65 Å². The zero-order valence-electron chi connectivity index (χ0n) is 11.8. The molecular weight excluding hydrogens is 292 g/mol. The second kappa shape index (κ2) is 5.27. The van der Waals surface area contributed by atoms with Crippen molar-refractivity contribution in [3.63, 3.8) is 0 Å². The summed E-state index contributed by atoms with van der Waals surface area (Å²) in [6.45, 7) is 1.05. The first-order chi connectivity index (χ1) is 9.96. The second-order valence-electron chi connectivity index (χ2n) is 5.47. The van der Waals surface area contributed by atoms with Gasteiger partial charge in [-0.2, -0.15) is 0 Å².